The number of hydrazone groups is 1. The van der Waals surface area contributed by atoms with Gasteiger partial charge in [0.2, 0.25) is 0 Å². The van der Waals surface area contributed by atoms with E-state index in [4.69, 9.17) is 16.3 Å². The Labute approximate surface area is 149 Å². The summed E-state index contributed by atoms with van der Waals surface area (Å²) >= 11 is 5.92. The van der Waals surface area contributed by atoms with E-state index in [-0.39, 0.29) is 22.4 Å². The molecule has 0 radical (unpaired) electrons. The van der Waals surface area contributed by atoms with Crippen LogP contribution in [0.3, 0.4) is 0 Å². The maximum Gasteiger partial charge on any atom is 0.287 e. The zero-order valence-electron chi connectivity index (χ0n) is 13.7. The van der Waals surface area contributed by atoms with Crippen molar-refractivity contribution in [2.75, 3.05) is 7.11 Å². The molecule has 0 fully saturated rings. The minimum absolute atomic E-state index is 0.138. The summed E-state index contributed by atoms with van der Waals surface area (Å²) in [5.41, 5.74) is 4.53. The van der Waals surface area contributed by atoms with Crippen LogP contribution < -0.4 is 10.2 Å². The number of benzene rings is 2. The molecular formula is C18H16ClN3O3. The Kier molecular flexibility index (Phi) is 4.63. The number of rotatable bonds is 4. The van der Waals surface area contributed by atoms with E-state index in [2.05, 4.69) is 10.5 Å². The molecule has 0 aliphatic heterocycles. The zero-order valence-corrected chi connectivity index (χ0v) is 14.4. The van der Waals surface area contributed by atoms with Crippen molar-refractivity contribution in [3.63, 3.8) is 0 Å². The molecule has 0 saturated carbocycles. The molecule has 2 aromatic carbocycles. The van der Waals surface area contributed by atoms with E-state index in [1.54, 1.807) is 16.7 Å². The van der Waals surface area contributed by atoms with Crippen LogP contribution in [0, 0.1) is 0 Å². The highest BCUT2D eigenvalue weighted by atomic mass is 35.5. The average Bonchev–Trinajstić information content (AvgIpc) is 2.95. The standard InChI is InChI=1S/C18H16ClN3O3/c1-22-14-6-4-3-5-12(14)9-15(22)18(24)21-20-10-11-7-13(19)17(23)16(8-11)25-2/h3-10,23H,1-2H3,(H,21,24)/b20-10+. The van der Waals surface area contributed by atoms with Crippen molar-refractivity contribution in [1.29, 1.82) is 0 Å². The van der Waals surface area contributed by atoms with E-state index < -0.39 is 0 Å². The average molecular weight is 358 g/mol. The van der Waals surface area contributed by atoms with Gasteiger partial charge in [0, 0.05) is 18.0 Å². The summed E-state index contributed by atoms with van der Waals surface area (Å²) in [5.74, 6) is -0.235. The van der Waals surface area contributed by atoms with Crippen LogP contribution in [0.1, 0.15) is 16.1 Å². The second-order valence-electron chi connectivity index (χ2n) is 5.40. The lowest BCUT2D eigenvalue weighted by Gasteiger charge is -2.06. The molecule has 128 valence electrons. The molecule has 25 heavy (non-hydrogen) atoms. The van der Waals surface area contributed by atoms with Crippen LogP contribution in [0.5, 0.6) is 11.5 Å². The van der Waals surface area contributed by atoms with Gasteiger partial charge >= 0.3 is 0 Å². The van der Waals surface area contributed by atoms with Gasteiger partial charge < -0.3 is 14.4 Å². The van der Waals surface area contributed by atoms with Crippen molar-refractivity contribution in [3.8, 4) is 11.5 Å². The number of para-hydroxylation sites is 1. The Morgan fingerprint density at radius 2 is 2.08 bits per heavy atom. The van der Waals surface area contributed by atoms with Crippen molar-refractivity contribution in [2.45, 2.75) is 0 Å². The van der Waals surface area contributed by atoms with Gasteiger partial charge in [0.05, 0.1) is 18.3 Å². The Morgan fingerprint density at radius 3 is 2.80 bits per heavy atom. The fourth-order valence-corrected chi connectivity index (χ4v) is 2.77. The summed E-state index contributed by atoms with van der Waals surface area (Å²) in [7, 11) is 3.25. The minimum Gasteiger partial charge on any atom is -0.503 e. The number of methoxy groups -OCH3 is 1. The Morgan fingerprint density at radius 1 is 1.32 bits per heavy atom. The largest absolute Gasteiger partial charge is 0.503 e. The molecule has 3 rings (SSSR count). The number of phenols is 1. The normalized spacial score (nSPS) is 11.2. The number of nitrogens with zero attached hydrogens (tertiary/aromatic N) is 2. The van der Waals surface area contributed by atoms with E-state index in [1.807, 2.05) is 31.3 Å². The van der Waals surface area contributed by atoms with Gasteiger partial charge in [-0.2, -0.15) is 5.10 Å². The monoisotopic (exact) mass is 357 g/mol. The fraction of sp³-hybridized carbons (Fsp3) is 0.111. The molecule has 0 unspecified atom stereocenters. The highest BCUT2D eigenvalue weighted by Gasteiger charge is 2.12. The van der Waals surface area contributed by atoms with Gasteiger partial charge in [-0.25, -0.2) is 5.43 Å². The van der Waals surface area contributed by atoms with Crippen LogP contribution in [-0.2, 0) is 7.05 Å². The molecule has 1 amide bonds. The van der Waals surface area contributed by atoms with Gasteiger partial charge in [-0.05, 0) is 29.8 Å². The maximum atomic E-state index is 12.3. The summed E-state index contributed by atoms with van der Waals surface area (Å²) in [6, 6.07) is 12.6. The van der Waals surface area contributed by atoms with Crippen LogP contribution in [0.4, 0.5) is 0 Å². The van der Waals surface area contributed by atoms with E-state index in [9.17, 15) is 9.90 Å². The van der Waals surface area contributed by atoms with Gasteiger partial charge in [0.1, 0.15) is 5.69 Å². The lowest BCUT2D eigenvalue weighted by atomic mass is 10.2. The molecule has 0 atom stereocenters. The Hall–Kier alpha value is -2.99. The van der Waals surface area contributed by atoms with Gasteiger partial charge in [0.15, 0.2) is 11.5 Å². The van der Waals surface area contributed by atoms with E-state index in [0.717, 1.165) is 10.9 Å². The smallest absolute Gasteiger partial charge is 0.287 e. The third-order valence-corrected chi connectivity index (χ3v) is 4.12. The summed E-state index contributed by atoms with van der Waals surface area (Å²) < 4.78 is 6.83. The molecule has 0 spiro atoms. The van der Waals surface area contributed by atoms with Crippen molar-refractivity contribution in [2.24, 2.45) is 12.1 Å². The topological polar surface area (TPSA) is 75.8 Å². The number of nitrogens with one attached hydrogen (secondary N) is 1. The maximum absolute atomic E-state index is 12.3. The SMILES string of the molecule is COc1cc(/C=N/NC(=O)c2cc3ccccc3n2C)cc(Cl)c1O. The quantitative estimate of drug-likeness (QED) is 0.555. The van der Waals surface area contributed by atoms with Gasteiger partial charge in [-0.1, -0.05) is 29.8 Å². The predicted octanol–water partition coefficient (Wildman–Crippen LogP) is 3.31. The van der Waals surface area contributed by atoms with Crippen molar-refractivity contribution in [1.82, 2.24) is 9.99 Å². The van der Waals surface area contributed by atoms with Crippen LogP contribution in [0.2, 0.25) is 5.02 Å². The number of ether oxygens (including phenoxy) is 1. The number of fused-ring (bicyclic) bond motifs is 1. The van der Waals surface area contributed by atoms with Crippen LogP contribution >= 0.6 is 11.6 Å². The molecule has 1 aromatic heterocycles. The van der Waals surface area contributed by atoms with Crippen molar-refractivity contribution in [3.05, 3.63) is 58.7 Å². The summed E-state index contributed by atoms with van der Waals surface area (Å²) in [4.78, 5) is 12.3. The minimum atomic E-state index is -0.327. The highest BCUT2D eigenvalue weighted by molar-refractivity contribution is 6.32. The number of hydrogen-bond donors (Lipinski definition) is 2. The zero-order chi connectivity index (χ0) is 18.0. The fourth-order valence-electron chi connectivity index (χ4n) is 2.55. The van der Waals surface area contributed by atoms with E-state index in [0.29, 0.717) is 11.3 Å². The van der Waals surface area contributed by atoms with Gasteiger partial charge in [-0.3, -0.25) is 4.79 Å². The van der Waals surface area contributed by atoms with Crippen molar-refractivity contribution < 1.29 is 14.6 Å². The van der Waals surface area contributed by atoms with Crippen LogP contribution in [-0.4, -0.2) is 28.9 Å². The Balaban J connectivity index is 1.79. The molecule has 3 aromatic rings. The second-order valence-corrected chi connectivity index (χ2v) is 5.81. The number of aryl methyl sites for hydroxylation is 1. The first-order chi connectivity index (χ1) is 12.0. The number of halogens is 1. The lowest BCUT2D eigenvalue weighted by Crippen LogP contribution is -2.20. The third kappa shape index (κ3) is 3.29. The second kappa shape index (κ2) is 6.86. The number of hydrogen-bond acceptors (Lipinski definition) is 4. The van der Waals surface area contributed by atoms with Crippen LogP contribution in [0.25, 0.3) is 10.9 Å². The molecule has 7 heteroatoms. The number of carbonyl (C=O) groups is 1. The first kappa shape index (κ1) is 16.9. The summed E-state index contributed by atoms with van der Waals surface area (Å²) in [5, 5.41) is 14.8. The highest BCUT2D eigenvalue weighted by Crippen LogP contribution is 2.34. The Bertz CT molecular complexity index is 979. The predicted molar refractivity (Wildman–Crippen MR) is 97.6 cm³/mol. The number of aromatic nitrogens is 1. The molecule has 0 aliphatic carbocycles. The van der Waals surface area contributed by atoms with Crippen LogP contribution in [0.15, 0.2) is 47.6 Å². The van der Waals surface area contributed by atoms with E-state index in [1.165, 1.54) is 19.4 Å². The first-order valence-corrected chi connectivity index (χ1v) is 7.83. The molecule has 2 N–H and O–H groups in total. The number of carbonyl (C=O) groups excluding carboxylic acids is 1. The third-order valence-electron chi connectivity index (χ3n) is 3.83. The number of phenolic OH excluding ortho intramolecular Hbond substituents is 1. The molecule has 6 nitrogen and oxygen atoms in total. The van der Waals surface area contributed by atoms with Crippen molar-refractivity contribution >= 4 is 34.6 Å². The summed E-state index contributed by atoms with van der Waals surface area (Å²) in [6.45, 7) is 0. The first-order valence-electron chi connectivity index (χ1n) is 7.45. The van der Waals surface area contributed by atoms with Gasteiger partial charge in [0.25, 0.3) is 5.91 Å². The lowest BCUT2D eigenvalue weighted by molar-refractivity contribution is 0.0947. The molecule has 1 heterocycles. The van der Waals surface area contributed by atoms with E-state index >= 15 is 0 Å². The molecule has 0 bridgehead atoms. The molecule has 0 aliphatic rings. The van der Waals surface area contributed by atoms with Gasteiger partial charge in [-0.15, -0.1) is 0 Å². The molecular weight excluding hydrogens is 342 g/mol. The summed E-state index contributed by atoms with van der Waals surface area (Å²) in [6.07, 6.45) is 1.42. The number of amides is 1. The number of aromatic hydroxyl groups is 1. The molecule has 0 saturated heterocycles.